The summed E-state index contributed by atoms with van der Waals surface area (Å²) in [4.78, 5) is 15.0. The van der Waals surface area contributed by atoms with E-state index in [-0.39, 0.29) is 0 Å². The normalized spacial score (nSPS) is 12.5. The summed E-state index contributed by atoms with van der Waals surface area (Å²) in [7, 11) is 0. The summed E-state index contributed by atoms with van der Waals surface area (Å²) in [6.07, 6.45) is 6.40. The number of benzene rings is 7. The molecule has 10 rings (SSSR count). The van der Waals surface area contributed by atoms with Gasteiger partial charge in [-0.15, -0.1) is 0 Å². The largest absolute Gasteiger partial charge is 0.460 e. The van der Waals surface area contributed by atoms with Gasteiger partial charge >= 0.3 is 0 Å². The second kappa shape index (κ2) is 12.0. The van der Waals surface area contributed by atoms with Crippen LogP contribution in [0.4, 0.5) is 0 Å². The maximum atomic E-state index is 6.14. The third kappa shape index (κ3) is 5.20. The Bertz CT molecular complexity index is 2780. The Hall–Kier alpha value is -6.65. The van der Waals surface area contributed by atoms with Crippen LogP contribution in [0.15, 0.2) is 162 Å². The second-order valence-electron chi connectivity index (χ2n) is 13.1. The fourth-order valence-corrected chi connectivity index (χ4v) is 7.39. The fraction of sp³-hybridized carbons (Fsp3) is 0.0426. The van der Waals surface area contributed by atoms with Crippen LogP contribution >= 0.6 is 0 Å². The number of aryl methyl sites for hydroxylation is 1. The van der Waals surface area contributed by atoms with Gasteiger partial charge in [0.05, 0.1) is 0 Å². The lowest BCUT2D eigenvalue weighted by molar-refractivity contribution is 0.546. The lowest BCUT2D eigenvalue weighted by Crippen LogP contribution is -2.00. The lowest BCUT2D eigenvalue weighted by Gasteiger charge is -2.12. The molecule has 51 heavy (non-hydrogen) atoms. The van der Waals surface area contributed by atoms with Crippen LogP contribution in [0, 0.1) is 0 Å². The van der Waals surface area contributed by atoms with Gasteiger partial charge in [0.15, 0.2) is 17.5 Å². The van der Waals surface area contributed by atoms with Crippen molar-refractivity contribution in [1.82, 2.24) is 15.0 Å². The van der Waals surface area contributed by atoms with E-state index in [2.05, 4.69) is 133 Å². The van der Waals surface area contributed by atoms with Crippen LogP contribution in [0.3, 0.4) is 0 Å². The van der Waals surface area contributed by atoms with Crippen LogP contribution in [-0.4, -0.2) is 15.0 Å². The first-order valence-electron chi connectivity index (χ1n) is 17.4. The van der Waals surface area contributed by atoms with Gasteiger partial charge in [0.2, 0.25) is 0 Å². The summed E-state index contributed by atoms with van der Waals surface area (Å²) in [6, 6.07) is 53.2. The third-order valence-electron chi connectivity index (χ3n) is 9.99. The first-order valence-corrected chi connectivity index (χ1v) is 17.4. The van der Waals surface area contributed by atoms with Gasteiger partial charge in [0.25, 0.3) is 0 Å². The molecular formula is C47H31N3O. The minimum atomic E-state index is 0.638. The van der Waals surface area contributed by atoms with Crippen molar-refractivity contribution in [3.63, 3.8) is 0 Å². The van der Waals surface area contributed by atoms with E-state index in [4.69, 9.17) is 19.4 Å². The summed E-state index contributed by atoms with van der Waals surface area (Å²) in [5.41, 5.74) is 9.61. The Kier molecular flexibility index (Phi) is 6.91. The highest BCUT2D eigenvalue weighted by molar-refractivity contribution is 6.13. The van der Waals surface area contributed by atoms with Crippen molar-refractivity contribution in [3.05, 3.63) is 169 Å². The van der Waals surface area contributed by atoms with Crippen LogP contribution in [-0.2, 0) is 6.42 Å². The molecule has 0 aliphatic heterocycles. The van der Waals surface area contributed by atoms with Crippen molar-refractivity contribution in [1.29, 1.82) is 0 Å². The molecule has 0 spiro atoms. The zero-order chi connectivity index (χ0) is 33.7. The van der Waals surface area contributed by atoms with Gasteiger partial charge in [-0.3, -0.25) is 0 Å². The number of rotatable bonds is 5. The molecule has 0 saturated carbocycles. The average molecular weight is 654 g/mol. The second-order valence-corrected chi connectivity index (χ2v) is 13.1. The molecule has 0 N–H and O–H groups in total. The zero-order valence-corrected chi connectivity index (χ0v) is 27.8. The molecule has 0 amide bonds. The van der Waals surface area contributed by atoms with Gasteiger partial charge in [-0.1, -0.05) is 146 Å². The van der Waals surface area contributed by atoms with E-state index in [0.29, 0.717) is 17.5 Å². The molecule has 2 aromatic heterocycles. The van der Waals surface area contributed by atoms with Crippen molar-refractivity contribution < 1.29 is 4.42 Å². The van der Waals surface area contributed by atoms with E-state index in [1.165, 1.54) is 32.7 Å². The van der Waals surface area contributed by atoms with Gasteiger partial charge in [-0.2, -0.15) is 0 Å². The van der Waals surface area contributed by atoms with E-state index in [1.54, 1.807) is 0 Å². The van der Waals surface area contributed by atoms with Crippen LogP contribution in [0.5, 0.6) is 0 Å². The third-order valence-corrected chi connectivity index (χ3v) is 9.99. The number of hydrogen-bond donors (Lipinski definition) is 0. The smallest absolute Gasteiger partial charge is 0.164 e. The molecule has 0 atom stereocenters. The fourth-order valence-electron chi connectivity index (χ4n) is 7.39. The number of nitrogens with zero attached hydrogens (tertiary/aromatic N) is 3. The van der Waals surface area contributed by atoms with Crippen molar-refractivity contribution in [2.24, 2.45) is 0 Å². The number of allylic oxidation sites excluding steroid dienone is 1. The maximum absolute atomic E-state index is 6.14. The highest BCUT2D eigenvalue weighted by Gasteiger charge is 2.17. The minimum absolute atomic E-state index is 0.638. The minimum Gasteiger partial charge on any atom is -0.460 e. The highest BCUT2D eigenvalue weighted by Crippen LogP contribution is 2.37. The van der Waals surface area contributed by atoms with E-state index >= 15 is 0 Å². The van der Waals surface area contributed by atoms with Crippen LogP contribution in [0.25, 0.3) is 95.0 Å². The number of aromatic nitrogens is 3. The first-order chi connectivity index (χ1) is 25.2. The molecule has 7 aromatic carbocycles. The molecule has 2 heterocycles. The Balaban J connectivity index is 1.03. The SMILES string of the molecule is C1=Cc2c(oc3ccc(-c4ccc(-c5nc(-c6ccccc6)nc(-c6ccc(-c7cc8ccccc8c8ccccc78)cc6)n5)cc4)cc23)CC1. The average Bonchev–Trinajstić information content (AvgIpc) is 3.59. The summed E-state index contributed by atoms with van der Waals surface area (Å²) < 4.78 is 6.14. The van der Waals surface area contributed by atoms with E-state index in [9.17, 15) is 0 Å². The van der Waals surface area contributed by atoms with Gasteiger partial charge < -0.3 is 4.42 Å². The van der Waals surface area contributed by atoms with Crippen LogP contribution in [0.2, 0.25) is 0 Å². The summed E-state index contributed by atoms with van der Waals surface area (Å²) in [5.74, 6) is 3.00. The van der Waals surface area contributed by atoms with Crippen molar-refractivity contribution in [3.8, 4) is 56.4 Å². The summed E-state index contributed by atoms with van der Waals surface area (Å²) in [6.45, 7) is 0. The predicted molar refractivity (Wildman–Crippen MR) is 209 cm³/mol. The van der Waals surface area contributed by atoms with Crippen molar-refractivity contribution in [2.45, 2.75) is 12.8 Å². The van der Waals surface area contributed by atoms with Crippen LogP contribution < -0.4 is 0 Å². The summed E-state index contributed by atoms with van der Waals surface area (Å²) in [5, 5.41) is 6.16. The van der Waals surface area contributed by atoms with Crippen molar-refractivity contribution >= 4 is 38.6 Å². The molecule has 0 fully saturated rings. The molecule has 4 heteroatoms. The Morgan fingerprint density at radius 2 is 1.00 bits per heavy atom. The molecule has 4 nitrogen and oxygen atoms in total. The monoisotopic (exact) mass is 653 g/mol. The van der Waals surface area contributed by atoms with Gasteiger partial charge in [-0.25, -0.2) is 15.0 Å². The zero-order valence-electron chi connectivity index (χ0n) is 27.8. The van der Waals surface area contributed by atoms with Crippen molar-refractivity contribution in [2.75, 3.05) is 0 Å². The Morgan fingerprint density at radius 1 is 0.431 bits per heavy atom. The topological polar surface area (TPSA) is 51.8 Å². The summed E-state index contributed by atoms with van der Waals surface area (Å²) >= 11 is 0. The molecule has 9 aromatic rings. The molecule has 1 aliphatic rings. The number of furan rings is 1. The van der Waals surface area contributed by atoms with Gasteiger partial charge in [-0.05, 0) is 68.4 Å². The maximum Gasteiger partial charge on any atom is 0.164 e. The molecule has 240 valence electrons. The molecule has 0 radical (unpaired) electrons. The van der Waals surface area contributed by atoms with E-state index in [1.807, 2.05) is 30.3 Å². The standard InChI is InChI=1S/C47H31N3O/c1-2-10-32(11-3-1)45-48-46(33-22-18-30(19-23-33)35-26-27-44-42(28-35)40-16-8-9-17-43(40)51-44)50-47(49-45)34-24-20-31(21-25-34)41-29-36-12-4-5-13-37(36)38-14-6-7-15-39(38)41/h1-8,10-16,18-29H,9,17H2. The predicted octanol–water partition coefficient (Wildman–Crippen LogP) is 12.2. The molecule has 1 aliphatic carbocycles. The van der Waals surface area contributed by atoms with Crippen LogP contribution in [0.1, 0.15) is 17.7 Å². The molecular weight excluding hydrogens is 623 g/mol. The first kappa shape index (κ1) is 29.3. The molecule has 0 bridgehead atoms. The highest BCUT2D eigenvalue weighted by atomic mass is 16.3. The number of fused-ring (bicyclic) bond motifs is 6. The molecule has 0 unspecified atom stereocenters. The van der Waals surface area contributed by atoms with Gasteiger partial charge in [0, 0.05) is 34.1 Å². The Labute approximate surface area is 295 Å². The van der Waals surface area contributed by atoms with Gasteiger partial charge in [0.1, 0.15) is 11.3 Å². The lowest BCUT2D eigenvalue weighted by atomic mass is 9.93. The van der Waals surface area contributed by atoms with E-state index in [0.717, 1.165) is 63.0 Å². The van der Waals surface area contributed by atoms with E-state index < -0.39 is 0 Å². The molecule has 0 saturated heterocycles. The Morgan fingerprint density at radius 3 is 1.73 bits per heavy atom. The quantitative estimate of drug-likeness (QED) is 0.173. The number of hydrogen-bond acceptors (Lipinski definition) is 4.